The van der Waals surface area contributed by atoms with Crippen LogP contribution in [-0.4, -0.2) is 73.1 Å². The van der Waals surface area contributed by atoms with Gasteiger partial charge in [-0.2, -0.15) is 0 Å². The van der Waals surface area contributed by atoms with Crippen LogP contribution in [0.3, 0.4) is 0 Å². The number of carbonyl (C=O) groups excluding carboxylic acids is 2. The maximum atomic E-state index is 13.1. The Morgan fingerprint density at radius 3 is 2.50 bits per heavy atom. The molecule has 7 nitrogen and oxygen atoms in total. The molecule has 32 heavy (non-hydrogen) atoms. The second-order valence-corrected chi connectivity index (χ2v) is 8.09. The number of methoxy groups -OCH3 is 1. The molecular formula is C25H28N2O5. The topological polar surface area (TPSA) is 79.3 Å². The van der Waals surface area contributed by atoms with Crippen LogP contribution in [0.2, 0.25) is 0 Å². The first-order valence-electron chi connectivity index (χ1n) is 10.8. The number of Topliss-reactive ketones (excluding diaryl/α,β-unsaturated/α-hetero) is 1. The summed E-state index contributed by atoms with van der Waals surface area (Å²) in [4.78, 5) is 30.0. The molecule has 0 bridgehead atoms. The lowest BCUT2D eigenvalue weighted by atomic mass is 9.95. The number of aliphatic hydroxyl groups excluding tert-OH is 1. The van der Waals surface area contributed by atoms with Gasteiger partial charge in [-0.15, -0.1) is 0 Å². The molecule has 2 aromatic carbocycles. The molecule has 1 N–H and O–H groups in total. The van der Waals surface area contributed by atoms with Crippen molar-refractivity contribution in [2.75, 3.05) is 46.5 Å². The summed E-state index contributed by atoms with van der Waals surface area (Å²) in [7, 11) is 1.57. The lowest BCUT2D eigenvalue weighted by Gasteiger charge is -2.31. The van der Waals surface area contributed by atoms with E-state index in [1.54, 1.807) is 30.2 Å². The predicted molar refractivity (Wildman–Crippen MR) is 120 cm³/mol. The molecule has 2 heterocycles. The molecule has 4 rings (SSSR count). The van der Waals surface area contributed by atoms with E-state index in [1.165, 1.54) is 0 Å². The standard InChI is InChI=1S/C25H28N2O5/c1-17-6-8-18(9-7-17)23(28)21-22(19-4-3-5-20(16-19)31-2)27(25(30)24(21)29)11-10-26-12-14-32-15-13-26/h3-9,16,22,28H,10-15H2,1-2H3/t22-/m0/s1. The van der Waals surface area contributed by atoms with Gasteiger partial charge in [0.15, 0.2) is 0 Å². The van der Waals surface area contributed by atoms with Crippen molar-refractivity contribution in [3.05, 3.63) is 70.8 Å². The van der Waals surface area contributed by atoms with Crippen molar-refractivity contribution >= 4 is 17.4 Å². The quantitative estimate of drug-likeness (QED) is 0.426. The van der Waals surface area contributed by atoms with E-state index in [4.69, 9.17) is 9.47 Å². The first-order valence-corrected chi connectivity index (χ1v) is 10.8. The second kappa shape index (κ2) is 9.54. The van der Waals surface area contributed by atoms with E-state index < -0.39 is 17.7 Å². The molecular weight excluding hydrogens is 408 g/mol. The van der Waals surface area contributed by atoms with Crippen molar-refractivity contribution in [3.8, 4) is 5.75 Å². The van der Waals surface area contributed by atoms with E-state index in [1.807, 2.05) is 37.3 Å². The van der Waals surface area contributed by atoms with Gasteiger partial charge >= 0.3 is 0 Å². The van der Waals surface area contributed by atoms with Gasteiger partial charge < -0.3 is 19.5 Å². The third kappa shape index (κ3) is 4.40. The lowest BCUT2D eigenvalue weighted by molar-refractivity contribution is -0.140. The van der Waals surface area contributed by atoms with Gasteiger partial charge in [-0.1, -0.05) is 42.0 Å². The Hall–Kier alpha value is -3.16. The number of nitrogens with zero attached hydrogens (tertiary/aromatic N) is 2. The van der Waals surface area contributed by atoms with Crippen molar-refractivity contribution in [2.45, 2.75) is 13.0 Å². The van der Waals surface area contributed by atoms with Crippen LogP contribution in [0.25, 0.3) is 5.76 Å². The van der Waals surface area contributed by atoms with Crippen LogP contribution in [0.1, 0.15) is 22.7 Å². The van der Waals surface area contributed by atoms with Gasteiger partial charge in [0.05, 0.1) is 31.9 Å². The summed E-state index contributed by atoms with van der Waals surface area (Å²) < 4.78 is 10.8. The van der Waals surface area contributed by atoms with Crippen LogP contribution >= 0.6 is 0 Å². The molecule has 168 valence electrons. The number of likely N-dealkylation sites (tertiary alicyclic amines) is 1. The van der Waals surface area contributed by atoms with Crippen LogP contribution < -0.4 is 4.74 Å². The predicted octanol–water partition coefficient (Wildman–Crippen LogP) is 2.76. The van der Waals surface area contributed by atoms with E-state index in [9.17, 15) is 14.7 Å². The maximum absolute atomic E-state index is 13.1. The molecule has 2 aliphatic heterocycles. The Balaban J connectivity index is 1.74. The van der Waals surface area contributed by atoms with Crippen molar-refractivity contribution in [3.63, 3.8) is 0 Å². The molecule has 2 aromatic rings. The number of morpholine rings is 1. The molecule has 2 fully saturated rings. The number of amides is 1. The van der Waals surface area contributed by atoms with E-state index in [0.29, 0.717) is 37.6 Å². The number of aryl methyl sites for hydroxylation is 1. The van der Waals surface area contributed by atoms with Crippen LogP contribution in [0.4, 0.5) is 0 Å². The Morgan fingerprint density at radius 1 is 1.09 bits per heavy atom. The minimum absolute atomic E-state index is 0.106. The highest BCUT2D eigenvalue weighted by atomic mass is 16.5. The summed E-state index contributed by atoms with van der Waals surface area (Å²) in [5.41, 5.74) is 2.37. The van der Waals surface area contributed by atoms with Crippen LogP contribution in [0.5, 0.6) is 5.75 Å². The summed E-state index contributed by atoms with van der Waals surface area (Å²) in [6.07, 6.45) is 0. The number of aliphatic hydroxyl groups is 1. The molecule has 2 aliphatic rings. The molecule has 0 unspecified atom stereocenters. The minimum atomic E-state index is -0.688. The van der Waals surface area contributed by atoms with Crippen molar-refractivity contribution in [1.29, 1.82) is 0 Å². The van der Waals surface area contributed by atoms with Gasteiger partial charge in [0.25, 0.3) is 11.7 Å². The van der Waals surface area contributed by atoms with Crippen LogP contribution in [-0.2, 0) is 14.3 Å². The van der Waals surface area contributed by atoms with Gasteiger partial charge in [-0.3, -0.25) is 14.5 Å². The largest absolute Gasteiger partial charge is 0.507 e. The Kier molecular flexibility index (Phi) is 6.58. The molecule has 0 radical (unpaired) electrons. The minimum Gasteiger partial charge on any atom is -0.507 e. The zero-order chi connectivity index (χ0) is 22.7. The number of hydrogen-bond donors (Lipinski definition) is 1. The molecule has 0 saturated carbocycles. The number of hydrogen-bond acceptors (Lipinski definition) is 6. The first kappa shape index (κ1) is 22.0. The number of benzene rings is 2. The Bertz CT molecular complexity index is 1020. The smallest absolute Gasteiger partial charge is 0.295 e. The van der Waals surface area contributed by atoms with E-state index in [-0.39, 0.29) is 11.3 Å². The maximum Gasteiger partial charge on any atom is 0.295 e. The summed E-state index contributed by atoms with van der Waals surface area (Å²) in [6, 6.07) is 13.8. The number of carbonyl (C=O) groups is 2. The van der Waals surface area contributed by atoms with Crippen LogP contribution in [0.15, 0.2) is 54.1 Å². The highest BCUT2D eigenvalue weighted by Gasteiger charge is 2.46. The number of ether oxygens (including phenoxy) is 2. The van der Waals surface area contributed by atoms with E-state index in [0.717, 1.165) is 24.2 Å². The molecule has 7 heteroatoms. The van der Waals surface area contributed by atoms with Gasteiger partial charge in [0.2, 0.25) is 0 Å². The Labute approximate surface area is 187 Å². The van der Waals surface area contributed by atoms with Gasteiger partial charge in [-0.05, 0) is 24.6 Å². The molecule has 1 amide bonds. The zero-order valence-electron chi connectivity index (χ0n) is 18.4. The number of rotatable bonds is 6. The van der Waals surface area contributed by atoms with Crippen molar-refractivity contribution < 1.29 is 24.2 Å². The molecule has 2 saturated heterocycles. The summed E-state index contributed by atoms with van der Waals surface area (Å²) in [6.45, 7) is 5.84. The summed E-state index contributed by atoms with van der Waals surface area (Å²) >= 11 is 0. The highest BCUT2D eigenvalue weighted by Crippen LogP contribution is 2.40. The Morgan fingerprint density at radius 2 is 1.81 bits per heavy atom. The fourth-order valence-electron chi connectivity index (χ4n) is 4.21. The van der Waals surface area contributed by atoms with Crippen molar-refractivity contribution in [1.82, 2.24) is 9.80 Å². The SMILES string of the molecule is COc1cccc([C@H]2C(=C(O)c3ccc(C)cc3)C(=O)C(=O)N2CCN2CCOCC2)c1. The fourth-order valence-corrected chi connectivity index (χ4v) is 4.21. The fraction of sp³-hybridized carbons (Fsp3) is 0.360. The summed E-state index contributed by atoms with van der Waals surface area (Å²) in [5.74, 6) is -0.806. The first-order chi connectivity index (χ1) is 15.5. The second-order valence-electron chi connectivity index (χ2n) is 8.09. The third-order valence-corrected chi connectivity index (χ3v) is 6.04. The summed E-state index contributed by atoms with van der Waals surface area (Å²) in [5, 5.41) is 11.1. The van der Waals surface area contributed by atoms with Crippen molar-refractivity contribution in [2.24, 2.45) is 0 Å². The third-order valence-electron chi connectivity index (χ3n) is 6.04. The molecule has 1 atom stereocenters. The normalized spacial score (nSPS) is 21.2. The highest BCUT2D eigenvalue weighted by molar-refractivity contribution is 6.46. The van der Waals surface area contributed by atoms with E-state index in [2.05, 4.69) is 4.90 Å². The van der Waals surface area contributed by atoms with Gasteiger partial charge in [-0.25, -0.2) is 0 Å². The van der Waals surface area contributed by atoms with E-state index >= 15 is 0 Å². The monoisotopic (exact) mass is 436 g/mol. The molecule has 0 aliphatic carbocycles. The average molecular weight is 437 g/mol. The van der Waals surface area contributed by atoms with Gasteiger partial charge in [0.1, 0.15) is 11.5 Å². The van der Waals surface area contributed by atoms with Crippen LogP contribution in [0, 0.1) is 6.92 Å². The lowest BCUT2D eigenvalue weighted by Crippen LogP contribution is -2.42. The zero-order valence-corrected chi connectivity index (χ0v) is 18.4. The molecule has 0 spiro atoms. The molecule has 0 aromatic heterocycles. The number of ketones is 1. The van der Waals surface area contributed by atoms with Gasteiger partial charge in [0, 0.05) is 31.7 Å². The average Bonchev–Trinajstić information content (AvgIpc) is 3.08.